The molecule has 2 fully saturated rings. The average molecular weight is 809 g/mol. The van der Waals surface area contributed by atoms with Crippen LogP contribution in [0.4, 0.5) is 0 Å². The molecule has 0 aromatic carbocycles. The zero-order valence-corrected chi connectivity index (χ0v) is 36.0. The number of aliphatic hydroxyl groups excluding tert-OH is 5. The Labute approximate surface area is 340 Å². The van der Waals surface area contributed by atoms with Gasteiger partial charge in [-0.2, -0.15) is 0 Å². The van der Waals surface area contributed by atoms with E-state index in [0.717, 1.165) is 5.57 Å². The maximum atomic E-state index is 13.9. The predicted octanol–water partition coefficient (Wildman–Crippen LogP) is 4.49. The summed E-state index contributed by atoms with van der Waals surface area (Å²) in [4.78, 5) is 13.9. The Morgan fingerprint density at radius 1 is 0.982 bits per heavy atom. The van der Waals surface area contributed by atoms with E-state index in [-0.39, 0.29) is 36.4 Å². The average Bonchev–Trinajstić information content (AvgIpc) is 3.16. The molecule has 3 aliphatic rings. The Hall–Kier alpha value is -2.43. The highest BCUT2D eigenvalue weighted by Gasteiger charge is 2.52. The largest absolute Gasteiger partial charge is 0.490 e. The van der Waals surface area contributed by atoms with Crippen LogP contribution < -0.4 is 0 Å². The number of hydrogen-bond donors (Lipinski definition) is 6. The van der Waals surface area contributed by atoms with Crippen LogP contribution >= 0.6 is 0 Å². The van der Waals surface area contributed by atoms with E-state index in [4.69, 9.17) is 28.4 Å². The minimum absolute atomic E-state index is 0.0413. The summed E-state index contributed by atoms with van der Waals surface area (Å²) in [6.07, 6.45) is 3.15. The summed E-state index contributed by atoms with van der Waals surface area (Å²) >= 11 is 0. The van der Waals surface area contributed by atoms with E-state index < -0.39 is 96.8 Å². The minimum Gasteiger partial charge on any atom is -0.490 e. The minimum atomic E-state index is -1.93. The highest BCUT2D eigenvalue weighted by molar-refractivity contribution is 5.87. The van der Waals surface area contributed by atoms with Gasteiger partial charge in [0.2, 0.25) is 5.76 Å². The summed E-state index contributed by atoms with van der Waals surface area (Å²) in [7, 11) is 2.82. The SMILES string of the molecule is C/C=C/[C@H]1O[C@@](O)([C@@H](C)[C@H](O)[C@H](C)[C@H]2OC(=O)C(OC)=CC(C)=C[C@@H](C)[C@@H](O)[C@@H](C)[C@@H](O)[C@H](C)CC(C)=CC=C[C@@H]2OC)C[C@@H](OC2CC(O)C(O)C(C)O2)[C@@H]1C. The monoisotopic (exact) mass is 808 g/mol. The number of ether oxygens (including phenoxy) is 6. The fourth-order valence-corrected chi connectivity index (χ4v) is 8.34. The summed E-state index contributed by atoms with van der Waals surface area (Å²) < 4.78 is 36.1. The van der Waals surface area contributed by atoms with E-state index in [0.29, 0.717) is 12.0 Å². The number of cyclic esters (lactones) is 1. The van der Waals surface area contributed by atoms with E-state index in [1.165, 1.54) is 20.3 Å². The van der Waals surface area contributed by atoms with Crippen molar-refractivity contribution >= 4 is 5.97 Å². The molecule has 0 radical (unpaired) electrons. The Balaban J connectivity index is 2.01. The topological polar surface area (TPSA) is 194 Å². The first-order valence-corrected chi connectivity index (χ1v) is 20.4. The summed E-state index contributed by atoms with van der Waals surface area (Å²) in [5.74, 6) is -5.84. The molecule has 2 saturated heterocycles. The quantitative estimate of drug-likeness (QED) is 0.141. The number of rotatable bonds is 9. The molecular weight excluding hydrogens is 736 g/mol. The second kappa shape index (κ2) is 21.7. The van der Waals surface area contributed by atoms with Crippen LogP contribution in [-0.4, -0.2) is 124 Å². The summed E-state index contributed by atoms with van der Waals surface area (Å²) in [6.45, 7) is 18.1. The number of esters is 1. The van der Waals surface area contributed by atoms with E-state index in [9.17, 15) is 35.4 Å². The first kappa shape index (κ1) is 48.9. The molecule has 0 bridgehead atoms. The molecule has 0 aliphatic carbocycles. The van der Waals surface area contributed by atoms with Crippen molar-refractivity contribution in [1.82, 2.24) is 0 Å². The zero-order chi connectivity index (χ0) is 42.9. The Kier molecular flexibility index (Phi) is 18.6. The second-order valence-corrected chi connectivity index (χ2v) is 16.9. The second-order valence-electron chi connectivity index (χ2n) is 16.9. The fourth-order valence-electron chi connectivity index (χ4n) is 8.34. The van der Waals surface area contributed by atoms with Gasteiger partial charge in [0, 0.05) is 49.5 Å². The third-order valence-electron chi connectivity index (χ3n) is 12.3. The molecule has 3 heterocycles. The lowest BCUT2D eigenvalue weighted by Crippen LogP contribution is -2.59. The van der Waals surface area contributed by atoms with Crippen molar-refractivity contribution in [2.24, 2.45) is 35.5 Å². The number of hydrogen-bond acceptors (Lipinski definition) is 13. The predicted molar refractivity (Wildman–Crippen MR) is 215 cm³/mol. The van der Waals surface area contributed by atoms with Crippen LogP contribution in [-0.2, 0) is 33.2 Å². The van der Waals surface area contributed by atoms with Gasteiger partial charge in [-0.05, 0) is 46.1 Å². The van der Waals surface area contributed by atoms with Crippen LogP contribution in [0.5, 0.6) is 0 Å². The smallest absolute Gasteiger partial charge is 0.373 e. The number of aliphatic hydroxyl groups is 6. The molecule has 3 rings (SSSR count). The number of allylic oxidation sites excluding steroid dienone is 6. The van der Waals surface area contributed by atoms with E-state index in [2.05, 4.69) is 0 Å². The van der Waals surface area contributed by atoms with Crippen LogP contribution in [0.3, 0.4) is 0 Å². The first-order chi connectivity index (χ1) is 26.7. The van der Waals surface area contributed by atoms with Crippen LogP contribution in [0.15, 0.2) is 59.4 Å². The van der Waals surface area contributed by atoms with Gasteiger partial charge in [-0.3, -0.25) is 0 Å². The number of carbonyl (C=O) groups excluding carboxylic acids is 1. The Bertz CT molecular complexity index is 1430. The zero-order valence-electron chi connectivity index (χ0n) is 36.0. The maximum Gasteiger partial charge on any atom is 0.373 e. The van der Waals surface area contributed by atoms with Crippen LogP contribution in [0, 0.1) is 35.5 Å². The third kappa shape index (κ3) is 12.5. The number of methoxy groups -OCH3 is 2. The van der Waals surface area contributed by atoms with Crippen LogP contribution in [0.1, 0.15) is 88.5 Å². The van der Waals surface area contributed by atoms with Crippen molar-refractivity contribution in [2.75, 3.05) is 14.2 Å². The van der Waals surface area contributed by atoms with Gasteiger partial charge in [-0.15, -0.1) is 0 Å². The molecule has 6 N–H and O–H groups in total. The molecule has 0 aromatic rings. The fraction of sp³-hybridized carbons (Fsp3) is 0.750. The summed E-state index contributed by atoms with van der Waals surface area (Å²) in [5.41, 5.74) is 1.60. The molecule has 0 saturated carbocycles. The Morgan fingerprint density at radius 2 is 1.65 bits per heavy atom. The maximum absolute atomic E-state index is 13.9. The van der Waals surface area contributed by atoms with Crippen molar-refractivity contribution < 1.29 is 63.9 Å². The molecule has 0 spiro atoms. The standard InChI is InChI=1S/C44H72O13/c1-13-15-33-27(6)36(55-37-21-32(45)41(49)31(10)54-37)22-44(51,57-33)30(9)40(48)29(8)42-34(52-11)17-14-16-23(2)18-25(4)38(46)28(7)39(47)26(5)19-24(3)20-35(53-12)43(50)56-42/h13-17,19-20,25-34,36-42,45-49,51H,18,21-22H2,1-12H3/b15-13+,17-14?,23-16?,24-19?,35-20?/t25-,26-,27-,28+,29+,30+,31?,32?,33-,34+,36-,37?,38+,39-,40-,41?,42-,44-/m1/s1. The Morgan fingerprint density at radius 3 is 2.25 bits per heavy atom. The van der Waals surface area contributed by atoms with Gasteiger partial charge < -0.3 is 59.1 Å². The highest BCUT2D eigenvalue weighted by Crippen LogP contribution is 2.42. The summed E-state index contributed by atoms with van der Waals surface area (Å²) in [6, 6.07) is 0. The highest BCUT2D eigenvalue weighted by atomic mass is 16.7. The first-order valence-electron chi connectivity index (χ1n) is 20.4. The van der Waals surface area contributed by atoms with Crippen molar-refractivity contribution in [3.63, 3.8) is 0 Å². The summed E-state index contributed by atoms with van der Waals surface area (Å²) in [5, 5.41) is 67.3. The van der Waals surface area contributed by atoms with Gasteiger partial charge in [-0.1, -0.05) is 89.1 Å². The lowest BCUT2D eigenvalue weighted by molar-refractivity contribution is -0.339. The van der Waals surface area contributed by atoms with Gasteiger partial charge in [0.25, 0.3) is 0 Å². The molecule has 13 heteroatoms. The van der Waals surface area contributed by atoms with Gasteiger partial charge >= 0.3 is 5.97 Å². The van der Waals surface area contributed by atoms with Crippen molar-refractivity contribution in [3.05, 3.63) is 59.4 Å². The molecule has 0 aromatic heterocycles. The lowest BCUT2D eigenvalue weighted by Gasteiger charge is -2.49. The molecule has 4 unspecified atom stereocenters. The van der Waals surface area contributed by atoms with Gasteiger partial charge in [-0.25, -0.2) is 4.79 Å². The normalized spacial score (nSPS) is 41.2. The lowest BCUT2D eigenvalue weighted by atomic mass is 9.77. The molecule has 3 aliphatic heterocycles. The molecule has 326 valence electrons. The van der Waals surface area contributed by atoms with Crippen LogP contribution in [0.2, 0.25) is 0 Å². The van der Waals surface area contributed by atoms with E-state index >= 15 is 0 Å². The number of carbonyl (C=O) groups is 1. The molecule has 57 heavy (non-hydrogen) atoms. The van der Waals surface area contributed by atoms with Gasteiger partial charge in [0.1, 0.15) is 18.3 Å². The molecular formula is C44H72O13. The van der Waals surface area contributed by atoms with E-state index in [1.54, 1.807) is 39.8 Å². The molecule has 0 amide bonds. The molecule has 13 nitrogen and oxygen atoms in total. The van der Waals surface area contributed by atoms with Crippen molar-refractivity contribution in [3.8, 4) is 0 Å². The van der Waals surface area contributed by atoms with E-state index in [1.807, 2.05) is 65.8 Å². The third-order valence-corrected chi connectivity index (χ3v) is 12.3. The van der Waals surface area contributed by atoms with Gasteiger partial charge in [0.05, 0.1) is 49.8 Å². The van der Waals surface area contributed by atoms with Crippen LogP contribution in [0.25, 0.3) is 0 Å². The molecule has 18 atom stereocenters. The van der Waals surface area contributed by atoms with Crippen molar-refractivity contribution in [2.45, 2.75) is 162 Å². The van der Waals surface area contributed by atoms with Gasteiger partial charge in [0.15, 0.2) is 12.1 Å². The van der Waals surface area contributed by atoms with Crippen molar-refractivity contribution in [1.29, 1.82) is 0 Å².